The average Bonchev–Trinajstić information content (AvgIpc) is 1.84. The molecule has 0 aromatic carbocycles. The molecule has 0 aromatic heterocycles. The van der Waals surface area contributed by atoms with Crippen LogP contribution in [0.25, 0.3) is 0 Å². The Kier molecular flexibility index (Phi) is 3.83. The fourth-order valence-corrected chi connectivity index (χ4v) is 0.500. The van der Waals surface area contributed by atoms with Gasteiger partial charge in [0.1, 0.15) is 0 Å². The lowest BCUT2D eigenvalue weighted by Gasteiger charge is -2.17. The molecule has 0 rings (SSSR count). The molecule has 0 aliphatic carbocycles. The molecule has 0 saturated carbocycles. The molecule has 0 heterocycles. The zero-order valence-electron chi connectivity index (χ0n) is 6.15. The molecule has 2 nitrogen and oxygen atoms in total. The van der Waals surface area contributed by atoms with Gasteiger partial charge < -0.3 is 10.6 Å². The van der Waals surface area contributed by atoms with Gasteiger partial charge in [-0.2, -0.15) is 0 Å². The predicted molar refractivity (Wildman–Crippen MR) is 37.0 cm³/mol. The van der Waals surface area contributed by atoms with E-state index in [1.54, 1.807) is 0 Å². The van der Waals surface area contributed by atoms with Gasteiger partial charge in [-0.25, -0.2) is 0 Å². The largest absolute Gasteiger partial charge is 0.316 e. The van der Waals surface area contributed by atoms with Crippen LogP contribution in [0.1, 0.15) is 13.8 Å². The van der Waals surface area contributed by atoms with Gasteiger partial charge in [-0.15, -0.1) is 0 Å². The maximum absolute atomic E-state index is 3.15. The second kappa shape index (κ2) is 3.87. The van der Waals surface area contributed by atoms with Crippen molar-refractivity contribution in [3.8, 4) is 0 Å². The predicted octanol–water partition coefficient (Wildman–Crippen LogP) is 0.202. The third-order valence-electron chi connectivity index (χ3n) is 1.66. The van der Waals surface area contributed by atoms with Gasteiger partial charge in [-0.05, 0) is 27.9 Å². The fraction of sp³-hybridized carbons (Fsp3) is 1.00. The minimum atomic E-state index is 0.556. The van der Waals surface area contributed by atoms with Crippen LogP contribution in [0, 0.1) is 0 Å². The van der Waals surface area contributed by atoms with E-state index >= 15 is 0 Å². The normalized spacial score (nSPS) is 18.0. The van der Waals surface area contributed by atoms with E-state index in [-0.39, 0.29) is 0 Å². The van der Waals surface area contributed by atoms with Crippen LogP contribution in [-0.2, 0) is 0 Å². The highest BCUT2D eigenvalue weighted by molar-refractivity contribution is 4.69. The summed E-state index contributed by atoms with van der Waals surface area (Å²) < 4.78 is 0. The van der Waals surface area contributed by atoms with Crippen LogP contribution in [0.15, 0.2) is 0 Å². The number of rotatable bonds is 3. The van der Waals surface area contributed by atoms with Crippen molar-refractivity contribution in [2.24, 2.45) is 0 Å². The van der Waals surface area contributed by atoms with Crippen LogP contribution in [0.2, 0.25) is 0 Å². The summed E-state index contributed by atoms with van der Waals surface area (Å²) in [4.78, 5) is 0. The first-order valence-corrected chi connectivity index (χ1v) is 3.07. The summed E-state index contributed by atoms with van der Waals surface area (Å²) >= 11 is 0. The van der Waals surface area contributed by atoms with Gasteiger partial charge in [-0.1, -0.05) is 0 Å². The Bertz CT molecular complexity index is 46.5. The Hall–Kier alpha value is -0.0800. The van der Waals surface area contributed by atoms with Gasteiger partial charge in [0.25, 0.3) is 0 Å². The Morgan fingerprint density at radius 1 is 0.875 bits per heavy atom. The quantitative estimate of drug-likeness (QED) is 0.550. The summed E-state index contributed by atoms with van der Waals surface area (Å²) in [5.74, 6) is 0. The minimum Gasteiger partial charge on any atom is -0.316 e. The van der Waals surface area contributed by atoms with Crippen molar-refractivity contribution in [2.45, 2.75) is 25.9 Å². The monoisotopic (exact) mass is 116 g/mol. The molecular formula is C6H16N2. The molecule has 0 bridgehead atoms. The molecule has 0 aliphatic heterocycles. The number of nitrogens with one attached hydrogen (secondary N) is 2. The van der Waals surface area contributed by atoms with Gasteiger partial charge in [-0.3, -0.25) is 0 Å². The van der Waals surface area contributed by atoms with E-state index < -0.39 is 0 Å². The van der Waals surface area contributed by atoms with Crippen molar-refractivity contribution in [1.29, 1.82) is 0 Å². The highest BCUT2D eigenvalue weighted by Gasteiger charge is 2.04. The zero-order chi connectivity index (χ0) is 6.57. The average molecular weight is 116 g/mol. The smallest absolute Gasteiger partial charge is 0.0187 e. The molecule has 2 atom stereocenters. The van der Waals surface area contributed by atoms with Gasteiger partial charge in [0.2, 0.25) is 0 Å². The van der Waals surface area contributed by atoms with Crippen LogP contribution in [0.3, 0.4) is 0 Å². The molecule has 0 radical (unpaired) electrons. The summed E-state index contributed by atoms with van der Waals surface area (Å²) in [6.45, 7) is 4.31. The molecule has 0 spiro atoms. The lowest BCUT2D eigenvalue weighted by atomic mass is 10.2. The standard InChI is InChI=1S/C6H16N2/c1-5(7-3)6(2)8-4/h5-8H,1-4H3. The van der Waals surface area contributed by atoms with Crippen molar-refractivity contribution < 1.29 is 0 Å². The first kappa shape index (κ1) is 7.92. The first-order valence-electron chi connectivity index (χ1n) is 3.07. The van der Waals surface area contributed by atoms with Gasteiger partial charge in [0.15, 0.2) is 0 Å². The second-order valence-electron chi connectivity index (χ2n) is 2.15. The molecular weight excluding hydrogens is 100 g/mol. The Morgan fingerprint density at radius 3 is 1.25 bits per heavy atom. The second-order valence-corrected chi connectivity index (χ2v) is 2.15. The third kappa shape index (κ3) is 2.28. The lowest BCUT2D eigenvalue weighted by molar-refractivity contribution is 0.460. The summed E-state index contributed by atoms with van der Waals surface area (Å²) in [5.41, 5.74) is 0. The third-order valence-corrected chi connectivity index (χ3v) is 1.66. The molecule has 8 heavy (non-hydrogen) atoms. The lowest BCUT2D eigenvalue weighted by Crippen LogP contribution is -2.40. The first-order chi connectivity index (χ1) is 3.72. The summed E-state index contributed by atoms with van der Waals surface area (Å²) in [5, 5.41) is 6.31. The van der Waals surface area contributed by atoms with Crippen molar-refractivity contribution in [3.05, 3.63) is 0 Å². The van der Waals surface area contributed by atoms with E-state index in [0.717, 1.165) is 0 Å². The molecule has 0 amide bonds. The van der Waals surface area contributed by atoms with E-state index in [9.17, 15) is 0 Å². The van der Waals surface area contributed by atoms with Gasteiger partial charge in [0.05, 0.1) is 0 Å². The van der Waals surface area contributed by atoms with E-state index in [1.165, 1.54) is 0 Å². The highest BCUT2D eigenvalue weighted by atomic mass is 15.0. The van der Waals surface area contributed by atoms with E-state index in [2.05, 4.69) is 24.5 Å². The molecule has 0 fully saturated rings. The molecule has 50 valence electrons. The number of hydrogen-bond acceptors (Lipinski definition) is 2. The molecule has 2 unspecified atom stereocenters. The van der Waals surface area contributed by atoms with Crippen molar-refractivity contribution in [2.75, 3.05) is 14.1 Å². The fourth-order valence-electron chi connectivity index (χ4n) is 0.500. The number of hydrogen-bond donors (Lipinski definition) is 2. The van der Waals surface area contributed by atoms with Crippen LogP contribution in [0.5, 0.6) is 0 Å². The van der Waals surface area contributed by atoms with Crippen LogP contribution in [0.4, 0.5) is 0 Å². The summed E-state index contributed by atoms with van der Waals surface area (Å²) in [6, 6.07) is 1.11. The molecule has 0 saturated heterocycles. The Labute approximate surface area is 51.7 Å². The van der Waals surface area contributed by atoms with Crippen LogP contribution in [-0.4, -0.2) is 26.2 Å². The maximum Gasteiger partial charge on any atom is 0.0187 e. The topological polar surface area (TPSA) is 24.1 Å². The molecule has 2 heteroatoms. The molecule has 2 N–H and O–H groups in total. The Morgan fingerprint density at radius 2 is 1.12 bits per heavy atom. The van der Waals surface area contributed by atoms with E-state index in [4.69, 9.17) is 0 Å². The molecule has 0 aliphatic rings. The zero-order valence-corrected chi connectivity index (χ0v) is 6.15. The van der Waals surface area contributed by atoms with Crippen molar-refractivity contribution in [1.82, 2.24) is 10.6 Å². The summed E-state index contributed by atoms with van der Waals surface area (Å²) in [7, 11) is 3.94. The van der Waals surface area contributed by atoms with E-state index in [0.29, 0.717) is 12.1 Å². The summed E-state index contributed by atoms with van der Waals surface area (Å²) in [6.07, 6.45) is 0. The van der Waals surface area contributed by atoms with E-state index in [1.807, 2.05) is 14.1 Å². The highest BCUT2D eigenvalue weighted by Crippen LogP contribution is 1.86. The van der Waals surface area contributed by atoms with Crippen molar-refractivity contribution >= 4 is 0 Å². The van der Waals surface area contributed by atoms with Crippen molar-refractivity contribution in [3.63, 3.8) is 0 Å². The SMILES string of the molecule is CNC(C)C(C)NC. The number of likely N-dealkylation sites (N-methyl/N-ethyl adjacent to an activating group) is 2. The van der Waals surface area contributed by atoms with Crippen LogP contribution >= 0.6 is 0 Å². The molecule has 0 aromatic rings. The Balaban J connectivity index is 3.29. The van der Waals surface area contributed by atoms with Gasteiger partial charge >= 0.3 is 0 Å². The minimum absolute atomic E-state index is 0.556. The van der Waals surface area contributed by atoms with Gasteiger partial charge in [0, 0.05) is 12.1 Å². The van der Waals surface area contributed by atoms with Crippen LogP contribution < -0.4 is 10.6 Å². The maximum atomic E-state index is 3.15.